The fraction of sp³-hybridized carbons (Fsp3) is 0.750. The van der Waals surface area contributed by atoms with Gasteiger partial charge in [-0.25, -0.2) is 0 Å². The summed E-state index contributed by atoms with van der Waals surface area (Å²) in [6.07, 6.45) is 3.98. The highest BCUT2D eigenvalue weighted by molar-refractivity contribution is 5.81. The molecule has 2 saturated heterocycles. The smallest absolute Gasteiger partial charge is 0.235 e. The van der Waals surface area contributed by atoms with Gasteiger partial charge in [0.05, 0.1) is 11.7 Å². The van der Waals surface area contributed by atoms with Crippen molar-refractivity contribution in [2.24, 2.45) is 11.1 Å². The summed E-state index contributed by atoms with van der Waals surface area (Å²) in [4.78, 5) is 14.5. The van der Waals surface area contributed by atoms with Crippen LogP contribution in [0.2, 0.25) is 0 Å². The van der Waals surface area contributed by atoms with E-state index in [1.165, 1.54) is 0 Å². The molecule has 1 aromatic rings. The van der Waals surface area contributed by atoms with Gasteiger partial charge in [-0.1, -0.05) is 5.16 Å². The van der Waals surface area contributed by atoms with E-state index in [9.17, 15) is 4.79 Å². The number of aryl methyl sites for hydroxylation is 2. The number of nitrogens with zero attached hydrogens (tertiary/aromatic N) is 2. The van der Waals surface area contributed by atoms with E-state index in [4.69, 9.17) is 15.0 Å². The number of aromatic nitrogens is 1. The molecule has 0 radical (unpaired) electrons. The minimum absolute atomic E-state index is 0.0265. The van der Waals surface area contributed by atoms with Gasteiger partial charge in [-0.3, -0.25) is 9.69 Å². The van der Waals surface area contributed by atoms with Gasteiger partial charge in [-0.05, 0) is 51.5 Å². The van der Waals surface area contributed by atoms with Gasteiger partial charge in [0, 0.05) is 25.3 Å². The van der Waals surface area contributed by atoms with Gasteiger partial charge in [0.15, 0.2) is 0 Å². The molecule has 2 fully saturated rings. The molecule has 3 heterocycles. The maximum Gasteiger partial charge on any atom is 0.235 e. The van der Waals surface area contributed by atoms with Crippen LogP contribution in [0.3, 0.4) is 0 Å². The molecule has 0 saturated carbocycles. The third-order valence-electron chi connectivity index (χ3n) is 5.37. The normalized spacial score (nSPS) is 25.5. The quantitative estimate of drug-likeness (QED) is 0.916. The van der Waals surface area contributed by atoms with E-state index in [2.05, 4.69) is 10.1 Å². The highest BCUT2D eigenvalue weighted by Gasteiger charge is 2.48. The number of rotatable bonds is 3. The van der Waals surface area contributed by atoms with Gasteiger partial charge < -0.3 is 15.0 Å². The summed E-state index contributed by atoms with van der Waals surface area (Å²) in [7, 11) is 0. The zero-order chi connectivity index (χ0) is 15.7. The molecule has 3 rings (SSSR count). The predicted octanol–water partition coefficient (Wildman–Crippen LogP) is 1.54. The fourth-order valence-electron chi connectivity index (χ4n) is 4.17. The molecule has 6 heteroatoms. The Hall–Kier alpha value is -1.40. The van der Waals surface area contributed by atoms with Gasteiger partial charge in [0.2, 0.25) is 5.91 Å². The number of nitrogens with two attached hydrogens (primary N) is 1. The van der Waals surface area contributed by atoms with E-state index < -0.39 is 0 Å². The number of carbonyl (C=O) groups excluding carboxylic acids is 1. The Morgan fingerprint density at radius 1 is 1.36 bits per heavy atom. The fourth-order valence-corrected chi connectivity index (χ4v) is 4.17. The lowest BCUT2D eigenvalue weighted by atomic mass is 9.67. The Bertz CT molecular complexity index is 524. The third-order valence-corrected chi connectivity index (χ3v) is 5.37. The minimum Gasteiger partial charge on any atom is -0.381 e. The number of carbonyl (C=O) groups is 1. The predicted molar refractivity (Wildman–Crippen MR) is 81.1 cm³/mol. The molecule has 0 aliphatic carbocycles. The van der Waals surface area contributed by atoms with Crippen LogP contribution >= 0.6 is 0 Å². The number of amides is 1. The van der Waals surface area contributed by atoms with Crippen LogP contribution in [0.25, 0.3) is 0 Å². The lowest BCUT2D eigenvalue weighted by molar-refractivity contribution is -0.138. The van der Waals surface area contributed by atoms with Crippen LogP contribution in [-0.2, 0) is 16.1 Å². The van der Waals surface area contributed by atoms with Crippen molar-refractivity contribution in [1.29, 1.82) is 0 Å². The average molecular weight is 307 g/mol. The Morgan fingerprint density at radius 2 is 2.09 bits per heavy atom. The van der Waals surface area contributed by atoms with Crippen LogP contribution in [0, 0.1) is 19.3 Å². The van der Waals surface area contributed by atoms with Gasteiger partial charge in [-0.15, -0.1) is 0 Å². The van der Waals surface area contributed by atoms with Crippen molar-refractivity contribution in [2.45, 2.75) is 52.1 Å². The number of piperidine rings is 1. The SMILES string of the molecule is Cc1noc(C)c1CN1CCCC2(CCOCC2)C1C(N)=O. The van der Waals surface area contributed by atoms with E-state index in [1.54, 1.807) is 0 Å². The first kappa shape index (κ1) is 15.5. The summed E-state index contributed by atoms with van der Waals surface area (Å²) in [5.74, 6) is 0.612. The molecule has 1 spiro atoms. The maximum absolute atomic E-state index is 12.2. The first-order chi connectivity index (χ1) is 10.5. The third kappa shape index (κ3) is 2.65. The molecule has 0 aromatic carbocycles. The summed E-state index contributed by atoms with van der Waals surface area (Å²) in [5.41, 5.74) is 7.76. The lowest BCUT2D eigenvalue weighted by Gasteiger charge is -2.50. The number of primary amides is 1. The molecular formula is C16H25N3O3. The van der Waals surface area contributed by atoms with Crippen LogP contribution in [0.4, 0.5) is 0 Å². The van der Waals surface area contributed by atoms with E-state index in [-0.39, 0.29) is 17.4 Å². The highest BCUT2D eigenvalue weighted by atomic mass is 16.5. The first-order valence-electron chi connectivity index (χ1n) is 8.06. The molecule has 2 N–H and O–H groups in total. The van der Waals surface area contributed by atoms with E-state index in [0.717, 1.165) is 62.5 Å². The van der Waals surface area contributed by atoms with E-state index >= 15 is 0 Å². The molecule has 2 aliphatic rings. The van der Waals surface area contributed by atoms with Crippen molar-refractivity contribution in [3.8, 4) is 0 Å². The first-order valence-corrected chi connectivity index (χ1v) is 8.06. The Balaban J connectivity index is 1.87. The van der Waals surface area contributed by atoms with Crippen LogP contribution in [0.15, 0.2) is 4.52 Å². The largest absolute Gasteiger partial charge is 0.381 e. The maximum atomic E-state index is 12.2. The van der Waals surface area contributed by atoms with Crippen molar-refractivity contribution in [3.63, 3.8) is 0 Å². The second-order valence-electron chi connectivity index (χ2n) is 6.66. The number of likely N-dealkylation sites (tertiary alicyclic amines) is 1. The summed E-state index contributed by atoms with van der Waals surface area (Å²) in [5, 5.41) is 4.02. The molecule has 1 atom stereocenters. The summed E-state index contributed by atoms with van der Waals surface area (Å²) >= 11 is 0. The Labute approximate surface area is 131 Å². The summed E-state index contributed by atoms with van der Waals surface area (Å²) < 4.78 is 10.8. The standard InChI is InChI=1S/C16H25N3O3/c1-11-13(12(2)22-18-11)10-19-7-3-4-16(14(19)15(17)20)5-8-21-9-6-16/h14H,3-10H2,1-2H3,(H2,17,20). The second kappa shape index (κ2) is 6.01. The van der Waals surface area contributed by atoms with Gasteiger partial charge >= 0.3 is 0 Å². The number of hydrogen-bond acceptors (Lipinski definition) is 5. The van der Waals surface area contributed by atoms with Crippen LogP contribution in [-0.4, -0.2) is 41.8 Å². The molecule has 1 amide bonds. The van der Waals surface area contributed by atoms with Crippen molar-refractivity contribution < 1.29 is 14.1 Å². The number of hydrogen-bond donors (Lipinski definition) is 1. The van der Waals surface area contributed by atoms with E-state index in [1.807, 2.05) is 13.8 Å². The van der Waals surface area contributed by atoms with Gasteiger partial charge in [0.25, 0.3) is 0 Å². The zero-order valence-electron chi connectivity index (χ0n) is 13.4. The van der Waals surface area contributed by atoms with E-state index in [0.29, 0.717) is 6.54 Å². The molecule has 22 heavy (non-hydrogen) atoms. The van der Waals surface area contributed by atoms with Crippen molar-refractivity contribution in [2.75, 3.05) is 19.8 Å². The van der Waals surface area contributed by atoms with Crippen LogP contribution < -0.4 is 5.73 Å². The van der Waals surface area contributed by atoms with Crippen molar-refractivity contribution >= 4 is 5.91 Å². The molecule has 1 unspecified atom stereocenters. The van der Waals surface area contributed by atoms with Crippen molar-refractivity contribution in [1.82, 2.24) is 10.1 Å². The molecule has 2 aliphatic heterocycles. The summed E-state index contributed by atoms with van der Waals surface area (Å²) in [6, 6.07) is -0.223. The van der Waals surface area contributed by atoms with Crippen LogP contribution in [0.5, 0.6) is 0 Å². The molecule has 1 aromatic heterocycles. The second-order valence-corrected chi connectivity index (χ2v) is 6.66. The number of ether oxygens (including phenoxy) is 1. The molecule has 0 bridgehead atoms. The monoisotopic (exact) mass is 307 g/mol. The Kier molecular flexibility index (Phi) is 4.23. The topological polar surface area (TPSA) is 81.6 Å². The highest BCUT2D eigenvalue weighted by Crippen LogP contribution is 2.44. The molecule has 6 nitrogen and oxygen atoms in total. The molecule has 122 valence electrons. The van der Waals surface area contributed by atoms with Gasteiger partial charge in [-0.2, -0.15) is 0 Å². The minimum atomic E-state index is -0.223. The van der Waals surface area contributed by atoms with Gasteiger partial charge in [0.1, 0.15) is 5.76 Å². The lowest BCUT2D eigenvalue weighted by Crippen LogP contribution is -2.59. The molecular weight excluding hydrogens is 282 g/mol. The zero-order valence-corrected chi connectivity index (χ0v) is 13.4. The van der Waals surface area contributed by atoms with Crippen molar-refractivity contribution in [3.05, 3.63) is 17.0 Å². The Morgan fingerprint density at radius 3 is 2.68 bits per heavy atom. The van der Waals surface area contributed by atoms with Crippen LogP contribution in [0.1, 0.15) is 42.7 Å². The average Bonchev–Trinajstić information content (AvgIpc) is 2.80. The summed E-state index contributed by atoms with van der Waals surface area (Å²) in [6.45, 7) is 6.88.